The molecule has 1 rings (SSSR count). The van der Waals surface area contributed by atoms with Crippen LogP contribution in [0, 0.1) is 5.92 Å². The van der Waals surface area contributed by atoms with Crippen LogP contribution in [0.5, 0.6) is 0 Å². The fourth-order valence-corrected chi connectivity index (χ4v) is 2.40. The summed E-state index contributed by atoms with van der Waals surface area (Å²) in [7, 11) is 0. The van der Waals surface area contributed by atoms with Gasteiger partial charge >= 0.3 is 5.97 Å². The molecule has 0 aromatic rings. The van der Waals surface area contributed by atoms with Gasteiger partial charge in [-0.25, -0.2) is 0 Å². The van der Waals surface area contributed by atoms with Gasteiger partial charge in [-0.15, -0.1) is 0 Å². The van der Waals surface area contributed by atoms with Crippen molar-refractivity contribution in [2.24, 2.45) is 5.92 Å². The smallest absolute Gasteiger partial charge is 0.323 e. The molecule has 1 aliphatic carbocycles. The topological polar surface area (TPSA) is 38.3 Å². The molecule has 0 spiro atoms. The molecule has 1 fully saturated rings. The SMILES string of the molecule is CC1CCCC(NC(C)C(=O)OC(C)(C)C)C1. The Kier molecular flexibility index (Phi) is 4.99. The quantitative estimate of drug-likeness (QED) is 0.772. The fourth-order valence-electron chi connectivity index (χ4n) is 2.40. The molecule has 0 saturated heterocycles. The van der Waals surface area contributed by atoms with E-state index in [0.717, 1.165) is 5.92 Å². The number of hydrogen-bond acceptors (Lipinski definition) is 3. The summed E-state index contributed by atoms with van der Waals surface area (Å²) in [5.41, 5.74) is -0.396. The van der Waals surface area contributed by atoms with E-state index in [1.807, 2.05) is 27.7 Å². The predicted molar refractivity (Wildman–Crippen MR) is 69.9 cm³/mol. The second-order valence-electron chi connectivity index (χ2n) is 6.39. The summed E-state index contributed by atoms with van der Waals surface area (Å²) in [5, 5.41) is 3.40. The Labute approximate surface area is 105 Å². The molecular weight excluding hydrogens is 214 g/mol. The minimum atomic E-state index is -0.396. The van der Waals surface area contributed by atoms with Crippen LogP contribution >= 0.6 is 0 Å². The molecular formula is C14H27NO2. The summed E-state index contributed by atoms with van der Waals surface area (Å²) in [6.07, 6.45) is 4.93. The zero-order chi connectivity index (χ0) is 13.1. The third kappa shape index (κ3) is 5.53. The average molecular weight is 241 g/mol. The molecule has 0 aliphatic heterocycles. The first kappa shape index (κ1) is 14.5. The molecule has 0 aromatic heterocycles. The van der Waals surface area contributed by atoms with Gasteiger partial charge in [0.05, 0.1) is 0 Å². The molecule has 100 valence electrons. The number of carbonyl (C=O) groups is 1. The summed E-state index contributed by atoms with van der Waals surface area (Å²) in [5.74, 6) is 0.628. The average Bonchev–Trinajstić information content (AvgIpc) is 2.14. The molecule has 3 nitrogen and oxygen atoms in total. The zero-order valence-corrected chi connectivity index (χ0v) is 11.9. The van der Waals surface area contributed by atoms with Crippen LogP contribution in [0.2, 0.25) is 0 Å². The summed E-state index contributed by atoms with van der Waals surface area (Å²) < 4.78 is 5.37. The zero-order valence-electron chi connectivity index (χ0n) is 11.9. The van der Waals surface area contributed by atoms with Gasteiger partial charge in [0.15, 0.2) is 0 Å². The van der Waals surface area contributed by atoms with Gasteiger partial charge in [-0.1, -0.05) is 19.8 Å². The van der Waals surface area contributed by atoms with Crippen molar-refractivity contribution in [1.82, 2.24) is 5.32 Å². The van der Waals surface area contributed by atoms with Crippen LogP contribution < -0.4 is 5.32 Å². The first-order valence-electron chi connectivity index (χ1n) is 6.77. The molecule has 17 heavy (non-hydrogen) atoms. The van der Waals surface area contributed by atoms with Crippen molar-refractivity contribution in [1.29, 1.82) is 0 Å². The Morgan fingerprint density at radius 1 is 1.35 bits per heavy atom. The van der Waals surface area contributed by atoms with E-state index in [4.69, 9.17) is 4.74 Å². The molecule has 3 atom stereocenters. The van der Waals surface area contributed by atoms with Gasteiger partial charge in [-0.3, -0.25) is 4.79 Å². The molecule has 1 aliphatic rings. The van der Waals surface area contributed by atoms with Crippen molar-refractivity contribution in [3.05, 3.63) is 0 Å². The third-order valence-corrected chi connectivity index (χ3v) is 3.18. The summed E-state index contributed by atoms with van der Waals surface area (Å²) in [4.78, 5) is 11.8. The molecule has 0 radical (unpaired) electrons. The van der Waals surface area contributed by atoms with Gasteiger partial charge in [-0.05, 0) is 46.5 Å². The Morgan fingerprint density at radius 2 is 2.00 bits per heavy atom. The van der Waals surface area contributed by atoms with E-state index in [2.05, 4.69) is 12.2 Å². The summed E-state index contributed by atoms with van der Waals surface area (Å²) in [6, 6.07) is 0.269. The lowest BCUT2D eigenvalue weighted by atomic mass is 9.87. The van der Waals surface area contributed by atoms with Crippen LogP contribution in [0.3, 0.4) is 0 Å². The largest absolute Gasteiger partial charge is 0.459 e. The van der Waals surface area contributed by atoms with Crippen LogP contribution in [0.25, 0.3) is 0 Å². The molecule has 3 unspecified atom stereocenters. The first-order chi connectivity index (χ1) is 7.78. The maximum Gasteiger partial charge on any atom is 0.323 e. The molecule has 1 N–H and O–H groups in total. The van der Waals surface area contributed by atoms with Gasteiger partial charge in [-0.2, -0.15) is 0 Å². The van der Waals surface area contributed by atoms with Crippen LogP contribution in [-0.2, 0) is 9.53 Å². The van der Waals surface area contributed by atoms with Crippen molar-refractivity contribution >= 4 is 5.97 Å². The number of ether oxygens (including phenoxy) is 1. The minimum absolute atomic E-state index is 0.143. The second kappa shape index (κ2) is 5.85. The van der Waals surface area contributed by atoms with E-state index < -0.39 is 5.60 Å². The van der Waals surface area contributed by atoms with Crippen LogP contribution in [0.1, 0.15) is 60.3 Å². The fraction of sp³-hybridized carbons (Fsp3) is 0.929. The van der Waals surface area contributed by atoms with Crippen molar-refractivity contribution < 1.29 is 9.53 Å². The van der Waals surface area contributed by atoms with Gasteiger partial charge in [0, 0.05) is 6.04 Å². The van der Waals surface area contributed by atoms with E-state index in [1.165, 1.54) is 25.7 Å². The van der Waals surface area contributed by atoms with Crippen molar-refractivity contribution in [3.63, 3.8) is 0 Å². The lowest BCUT2D eigenvalue weighted by Gasteiger charge is -2.30. The number of carbonyl (C=O) groups excluding carboxylic acids is 1. The monoisotopic (exact) mass is 241 g/mol. The highest BCUT2D eigenvalue weighted by Crippen LogP contribution is 2.24. The third-order valence-electron chi connectivity index (χ3n) is 3.18. The Balaban J connectivity index is 2.37. The first-order valence-corrected chi connectivity index (χ1v) is 6.77. The highest BCUT2D eigenvalue weighted by atomic mass is 16.6. The van der Waals surface area contributed by atoms with Crippen LogP contribution in [0.4, 0.5) is 0 Å². The Bertz CT molecular complexity index is 257. The highest BCUT2D eigenvalue weighted by Gasteiger charge is 2.25. The predicted octanol–water partition coefficient (Wildman–Crippen LogP) is 2.88. The standard InChI is InChI=1S/C14H27NO2/c1-10-7-6-8-12(9-10)15-11(2)13(16)17-14(3,4)5/h10-12,15H,6-9H2,1-5H3. The summed E-state index contributed by atoms with van der Waals surface area (Å²) >= 11 is 0. The molecule has 3 heteroatoms. The lowest BCUT2D eigenvalue weighted by Crippen LogP contribution is -2.45. The van der Waals surface area contributed by atoms with Crippen molar-refractivity contribution in [3.8, 4) is 0 Å². The molecule has 0 bridgehead atoms. The van der Waals surface area contributed by atoms with E-state index >= 15 is 0 Å². The number of esters is 1. The number of nitrogens with one attached hydrogen (secondary N) is 1. The van der Waals surface area contributed by atoms with Gasteiger partial charge in [0.1, 0.15) is 11.6 Å². The maximum absolute atomic E-state index is 11.8. The van der Waals surface area contributed by atoms with Crippen LogP contribution in [0.15, 0.2) is 0 Å². The lowest BCUT2D eigenvalue weighted by molar-refractivity contribution is -0.157. The van der Waals surface area contributed by atoms with E-state index in [0.29, 0.717) is 6.04 Å². The number of rotatable bonds is 3. The summed E-state index contributed by atoms with van der Waals surface area (Å²) in [6.45, 7) is 9.89. The maximum atomic E-state index is 11.8. The van der Waals surface area contributed by atoms with E-state index in [-0.39, 0.29) is 12.0 Å². The molecule has 1 saturated carbocycles. The number of hydrogen-bond donors (Lipinski definition) is 1. The highest BCUT2D eigenvalue weighted by molar-refractivity contribution is 5.75. The van der Waals surface area contributed by atoms with Gasteiger partial charge in [0.25, 0.3) is 0 Å². The van der Waals surface area contributed by atoms with Gasteiger partial charge in [0.2, 0.25) is 0 Å². The van der Waals surface area contributed by atoms with Crippen molar-refractivity contribution in [2.75, 3.05) is 0 Å². The molecule has 0 amide bonds. The van der Waals surface area contributed by atoms with E-state index in [1.54, 1.807) is 0 Å². The molecule has 0 aromatic carbocycles. The van der Waals surface area contributed by atoms with E-state index in [9.17, 15) is 4.79 Å². The Morgan fingerprint density at radius 3 is 2.53 bits per heavy atom. The second-order valence-corrected chi connectivity index (χ2v) is 6.39. The Hall–Kier alpha value is -0.570. The molecule has 0 heterocycles. The van der Waals surface area contributed by atoms with Crippen LogP contribution in [-0.4, -0.2) is 23.7 Å². The van der Waals surface area contributed by atoms with Crippen molar-refractivity contribution in [2.45, 2.75) is 78.0 Å². The van der Waals surface area contributed by atoms with Gasteiger partial charge < -0.3 is 10.1 Å². The normalized spacial score (nSPS) is 27.6. The minimum Gasteiger partial charge on any atom is -0.459 e.